The molecule has 4 aliphatic rings. The summed E-state index contributed by atoms with van der Waals surface area (Å²) in [5.74, 6) is -1.31. The number of carbonyl (C=O) groups excluding carboxylic acids is 1. The van der Waals surface area contributed by atoms with Crippen LogP contribution in [-0.2, 0) is 10.0 Å². The van der Waals surface area contributed by atoms with E-state index in [1.165, 1.54) is 38.5 Å². The van der Waals surface area contributed by atoms with E-state index in [0.29, 0.717) is 64.8 Å². The van der Waals surface area contributed by atoms with E-state index in [0.717, 1.165) is 16.6 Å². The predicted octanol–water partition coefficient (Wildman–Crippen LogP) is 5.21. The number of aliphatic imine (C=N–C) groups is 1. The Hall–Kier alpha value is -5.28. The van der Waals surface area contributed by atoms with Crippen LogP contribution in [0.15, 0.2) is 82.1 Å². The van der Waals surface area contributed by atoms with E-state index in [-0.39, 0.29) is 28.4 Å². The number of likely N-dealkylation sites (tertiary alicyclic amines) is 1. The Morgan fingerprint density at radius 2 is 1.96 bits per heavy atom. The number of fused-ring (bicyclic) bond motifs is 6. The van der Waals surface area contributed by atoms with E-state index in [1.54, 1.807) is 24.3 Å². The lowest BCUT2D eigenvalue weighted by Crippen LogP contribution is -2.53. The third kappa shape index (κ3) is 5.19. The van der Waals surface area contributed by atoms with E-state index < -0.39 is 40.0 Å². The van der Waals surface area contributed by atoms with Crippen molar-refractivity contribution in [2.24, 2.45) is 10.9 Å². The normalized spacial score (nSPS) is 20.0. The fourth-order valence-electron chi connectivity index (χ4n) is 6.86. The molecule has 11 nitrogen and oxygen atoms in total. The van der Waals surface area contributed by atoms with Crippen molar-refractivity contribution >= 4 is 49.8 Å². The van der Waals surface area contributed by atoms with Gasteiger partial charge in [0.05, 0.1) is 53.1 Å². The van der Waals surface area contributed by atoms with E-state index in [9.17, 15) is 22.0 Å². The summed E-state index contributed by atoms with van der Waals surface area (Å²) in [5.41, 5.74) is 3.23. The number of rotatable bonds is 7. The van der Waals surface area contributed by atoms with Crippen LogP contribution in [-0.4, -0.2) is 92.1 Å². The number of benzene rings is 1. The van der Waals surface area contributed by atoms with Crippen molar-refractivity contribution in [3.05, 3.63) is 89.9 Å². The third-order valence-electron chi connectivity index (χ3n) is 9.43. The maximum absolute atomic E-state index is 15.2. The number of anilines is 1. The lowest BCUT2D eigenvalue weighted by molar-refractivity contribution is 0.0787. The first-order chi connectivity index (χ1) is 23.9. The van der Waals surface area contributed by atoms with Crippen LogP contribution >= 0.6 is 0 Å². The quantitative estimate of drug-likeness (QED) is 0.261. The summed E-state index contributed by atoms with van der Waals surface area (Å²) in [4.78, 5) is 30.8. The molecule has 4 aromatic rings. The van der Waals surface area contributed by atoms with Crippen LogP contribution in [0.4, 0.5) is 24.5 Å². The molecule has 0 radical (unpaired) electrons. The van der Waals surface area contributed by atoms with Crippen LogP contribution in [0.1, 0.15) is 16.1 Å². The summed E-state index contributed by atoms with van der Waals surface area (Å²) in [5, 5.41) is 2.97. The van der Waals surface area contributed by atoms with E-state index in [1.807, 2.05) is 22.0 Å². The number of hydrogen-bond donors (Lipinski definition) is 1. The zero-order chi connectivity index (χ0) is 35.1. The molecule has 1 fully saturated rings. The smallest absolute Gasteiger partial charge is 0.255 e. The minimum atomic E-state index is -3.80. The Labute approximate surface area is 285 Å². The highest BCUT2D eigenvalue weighted by Gasteiger charge is 2.43. The Kier molecular flexibility index (Phi) is 7.45. The number of furan rings is 1. The van der Waals surface area contributed by atoms with Gasteiger partial charge in [-0.25, -0.2) is 32.2 Å². The summed E-state index contributed by atoms with van der Waals surface area (Å²) < 4.78 is 75.7. The molecule has 1 N–H and O–H groups in total. The molecule has 0 spiro atoms. The lowest BCUT2D eigenvalue weighted by atomic mass is 9.95. The number of halogens is 3. The van der Waals surface area contributed by atoms with Crippen LogP contribution in [0.5, 0.6) is 0 Å². The van der Waals surface area contributed by atoms with Crippen LogP contribution < -0.4 is 9.62 Å². The van der Waals surface area contributed by atoms with Crippen molar-refractivity contribution in [2.75, 3.05) is 44.3 Å². The van der Waals surface area contributed by atoms with Crippen molar-refractivity contribution < 1.29 is 30.8 Å². The molecule has 6 heterocycles. The Morgan fingerprint density at radius 1 is 1.16 bits per heavy atom. The van der Waals surface area contributed by atoms with Crippen molar-refractivity contribution in [2.45, 2.75) is 12.2 Å². The van der Waals surface area contributed by atoms with Crippen LogP contribution in [0.25, 0.3) is 39.2 Å². The van der Waals surface area contributed by atoms with Gasteiger partial charge in [0, 0.05) is 56.0 Å². The number of nitrogens with one attached hydrogen (secondary N) is 1. The van der Waals surface area contributed by atoms with Crippen molar-refractivity contribution in [3.63, 3.8) is 0 Å². The molecule has 1 amide bonds. The van der Waals surface area contributed by atoms with Gasteiger partial charge in [0.2, 0.25) is 16.0 Å². The van der Waals surface area contributed by atoms with Gasteiger partial charge in [-0.05, 0) is 42.5 Å². The highest BCUT2D eigenvalue weighted by atomic mass is 32.2. The molecule has 2 atom stereocenters. The van der Waals surface area contributed by atoms with Gasteiger partial charge in [0.25, 0.3) is 5.91 Å². The van der Waals surface area contributed by atoms with Crippen molar-refractivity contribution in [3.8, 4) is 22.6 Å². The Balaban J connectivity index is 1.32. The van der Waals surface area contributed by atoms with E-state index >= 15 is 4.39 Å². The molecule has 15 heteroatoms. The SMILES string of the molecule is CNC(=O)c1c(-c2ccc(F)nc2)oc2cc(N(C)S(C)(=O)=O)c(-c3ccc4c(n3)C3=CC5C(F)=CC=CC5N3C(CN3CC(F)C3)=N4)cc12. The molecule has 50 heavy (non-hydrogen) atoms. The molecular formula is C35H30F3N7O4S. The molecule has 1 saturated heterocycles. The average Bonchev–Trinajstić information content (AvgIpc) is 3.66. The zero-order valence-corrected chi connectivity index (χ0v) is 27.9. The second-order valence-electron chi connectivity index (χ2n) is 12.6. The van der Waals surface area contributed by atoms with E-state index in [2.05, 4.69) is 10.3 Å². The van der Waals surface area contributed by atoms with Gasteiger partial charge in [-0.15, -0.1) is 0 Å². The van der Waals surface area contributed by atoms with Gasteiger partial charge < -0.3 is 14.6 Å². The van der Waals surface area contributed by atoms with Crippen LogP contribution in [0, 0.1) is 11.9 Å². The molecule has 0 saturated carbocycles. The van der Waals surface area contributed by atoms with Gasteiger partial charge in [-0.3, -0.25) is 14.0 Å². The highest BCUT2D eigenvalue weighted by molar-refractivity contribution is 7.92. The number of alkyl halides is 1. The number of amidine groups is 1. The fourth-order valence-corrected chi connectivity index (χ4v) is 7.36. The maximum atomic E-state index is 15.2. The summed E-state index contributed by atoms with van der Waals surface area (Å²) in [6.45, 7) is 0.952. The minimum Gasteiger partial charge on any atom is -0.455 e. The summed E-state index contributed by atoms with van der Waals surface area (Å²) >= 11 is 0. The molecule has 256 valence electrons. The van der Waals surface area contributed by atoms with Crippen LogP contribution in [0.2, 0.25) is 0 Å². The number of amides is 1. The van der Waals surface area contributed by atoms with Crippen molar-refractivity contribution in [1.29, 1.82) is 0 Å². The molecule has 1 aliphatic carbocycles. The Morgan fingerprint density at radius 3 is 2.66 bits per heavy atom. The summed E-state index contributed by atoms with van der Waals surface area (Å²) in [6, 6.07) is 8.79. The summed E-state index contributed by atoms with van der Waals surface area (Å²) in [6.07, 6.45) is 8.21. The van der Waals surface area contributed by atoms with Gasteiger partial charge in [-0.1, -0.05) is 12.2 Å². The monoisotopic (exact) mass is 701 g/mol. The Bertz CT molecular complexity index is 2330. The van der Waals surface area contributed by atoms with Gasteiger partial charge >= 0.3 is 0 Å². The average molecular weight is 702 g/mol. The van der Waals surface area contributed by atoms with Crippen molar-refractivity contribution in [1.82, 2.24) is 25.1 Å². The number of carbonyl (C=O) groups is 1. The number of hydrogen-bond acceptors (Lipinski definition) is 9. The minimum absolute atomic E-state index is 0.121. The number of aromatic nitrogens is 2. The van der Waals surface area contributed by atoms with Crippen LogP contribution in [0.3, 0.4) is 0 Å². The number of pyridine rings is 2. The third-order valence-corrected chi connectivity index (χ3v) is 10.6. The first-order valence-electron chi connectivity index (χ1n) is 15.8. The zero-order valence-electron chi connectivity index (χ0n) is 27.1. The topological polar surface area (TPSA) is 124 Å². The number of allylic oxidation sites excluding steroid dienone is 2. The first-order valence-corrected chi connectivity index (χ1v) is 17.6. The molecule has 2 unspecified atom stereocenters. The second kappa shape index (κ2) is 11.7. The summed E-state index contributed by atoms with van der Waals surface area (Å²) in [7, 11) is -0.945. The highest BCUT2D eigenvalue weighted by Crippen LogP contribution is 2.47. The molecule has 3 aromatic heterocycles. The van der Waals surface area contributed by atoms with E-state index in [4.69, 9.17) is 14.4 Å². The van der Waals surface area contributed by atoms with Gasteiger partial charge in [-0.2, -0.15) is 4.39 Å². The molecule has 8 rings (SSSR count). The maximum Gasteiger partial charge on any atom is 0.255 e. The standard InChI is InChI=1S/C35H30F3N7O4S/c1-39-35(46)32-22-11-21(27(43(2)50(3,47)48)13-29(22)49-34(32)18-7-10-30(38)40-14-18)24-8-9-25-33(42-24)28-12-20-23(37)5-4-6-26(20)45(28)31(41-25)17-44-15-19(36)16-44/h4-14,19-20,26H,15-17H2,1-3H3,(H,39,46). The molecular weight excluding hydrogens is 671 g/mol. The lowest BCUT2D eigenvalue weighted by Gasteiger charge is -2.40. The molecule has 3 aliphatic heterocycles. The van der Waals surface area contributed by atoms with Gasteiger partial charge in [0.1, 0.15) is 34.9 Å². The number of sulfonamides is 1. The first kappa shape index (κ1) is 32.0. The predicted molar refractivity (Wildman–Crippen MR) is 183 cm³/mol. The second-order valence-corrected chi connectivity index (χ2v) is 14.6. The molecule has 0 bridgehead atoms. The molecule has 1 aromatic carbocycles. The van der Waals surface area contributed by atoms with Gasteiger partial charge in [0.15, 0.2) is 0 Å². The largest absolute Gasteiger partial charge is 0.455 e. The number of nitrogens with zero attached hydrogens (tertiary/aromatic N) is 6. The fraction of sp³-hybridized carbons (Fsp3) is 0.257.